The van der Waals surface area contributed by atoms with Gasteiger partial charge in [0.2, 0.25) is 5.91 Å². The molecular formula is C19H30N4O2. The van der Waals surface area contributed by atoms with Crippen LogP contribution >= 0.6 is 0 Å². The van der Waals surface area contributed by atoms with E-state index in [-0.39, 0.29) is 17.7 Å². The molecule has 2 rings (SSSR count). The Morgan fingerprint density at radius 2 is 1.88 bits per heavy atom. The molecule has 4 N–H and O–H groups in total. The molecule has 0 aromatic heterocycles. The Morgan fingerprint density at radius 3 is 2.52 bits per heavy atom. The molecule has 25 heavy (non-hydrogen) atoms. The zero-order valence-electron chi connectivity index (χ0n) is 15.3. The molecule has 1 aromatic carbocycles. The number of hydrogen-bond acceptors (Lipinski definition) is 4. The molecule has 1 fully saturated rings. The lowest BCUT2D eigenvalue weighted by molar-refractivity contribution is -0.126. The number of carbonyl (C=O) groups is 2. The molecule has 6 heteroatoms. The predicted octanol–water partition coefficient (Wildman–Crippen LogP) is 0.969. The molecule has 1 aliphatic rings. The van der Waals surface area contributed by atoms with Gasteiger partial charge in [-0.25, -0.2) is 0 Å². The number of nitrogens with one attached hydrogen (secondary N) is 2. The molecule has 0 unspecified atom stereocenters. The molecule has 0 spiro atoms. The molecule has 0 aliphatic heterocycles. The van der Waals surface area contributed by atoms with Crippen molar-refractivity contribution >= 4 is 11.8 Å². The van der Waals surface area contributed by atoms with Crippen LogP contribution in [0.3, 0.4) is 0 Å². The minimum absolute atomic E-state index is 0.0479. The normalized spacial score (nSPS) is 19.8. The monoisotopic (exact) mass is 346 g/mol. The third-order valence-electron chi connectivity index (χ3n) is 4.83. The van der Waals surface area contributed by atoms with Crippen LogP contribution in [0, 0.1) is 11.8 Å². The van der Waals surface area contributed by atoms with Crippen LogP contribution in [0.15, 0.2) is 24.3 Å². The smallest absolute Gasteiger partial charge is 0.251 e. The van der Waals surface area contributed by atoms with Crippen molar-refractivity contribution in [3.8, 4) is 0 Å². The standard InChI is InChI=1S/C19H30N4O2/c1-23(2)11-10-21-18(24)15-8-6-14(7-9-15)13-22-19(25)17-5-3-4-16(17)12-20/h6-9,16-17H,3-5,10-13,20H2,1-2H3,(H,21,24)(H,22,25)/t16-,17-/m1/s1. The lowest BCUT2D eigenvalue weighted by Gasteiger charge is -2.17. The Hall–Kier alpha value is -1.92. The fraction of sp³-hybridized carbons (Fsp3) is 0.579. The minimum atomic E-state index is -0.0748. The summed E-state index contributed by atoms with van der Waals surface area (Å²) in [7, 11) is 3.94. The van der Waals surface area contributed by atoms with E-state index in [1.807, 2.05) is 31.1 Å². The van der Waals surface area contributed by atoms with Crippen LogP contribution in [0.1, 0.15) is 35.2 Å². The lowest BCUT2D eigenvalue weighted by Crippen LogP contribution is -2.34. The quantitative estimate of drug-likeness (QED) is 0.654. The van der Waals surface area contributed by atoms with Gasteiger partial charge in [-0.3, -0.25) is 9.59 Å². The summed E-state index contributed by atoms with van der Waals surface area (Å²) in [5.74, 6) is 0.382. The van der Waals surface area contributed by atoms with Gasteiger partial charge in [0, 0.05) is 31.1 Å². The molecule has 2 amide bonds. The summed E-state index contributed by atoms with van der Waals surface area (Å²) >= 11 is 0. The number of nitrogens with two attached hydrogens (primary N) is 1. The highest BCUT2D eigenvalue weighted by Crippen LogP contribution is 2.30. The molecule has 0 heterocycles. The van der Waals surface area contributed by atoms with Crippen LogP contribution in [-0.4, -0.2) is 50.4 Å². The summed E-state index contributed by atoms with van der Waals surface area (Å²) < 4.78 is 0. The van der Waals surface area contributed by atoms with Crippen molar-refractivity contribution in [1.82, 2.24) is 15.5 Å². The SMILES string of the molecule is CN(C)CCNC(=O)c1ccc(CNC(=O)[C@@H]2CCC[C@@H]2CN)cc1. The third-order valence-corrected chi connectivity index (χ3v) is 4.83. The number of nitrogens with zero attached hydrogens (tertiary/aromatic N) is 1. The molecule has 1 aliphatic carbocycles. The van der Waals surface area contributed by atoms with E-state index >= 15 is 0 Å². The maximum Gasteiger partial charge on any atom is 0.251 e. The van der Waals surface area contributed by atoms with Gasteiger partial charge in [0.25, 0.3) is 5.91 Å². The van der Waals surface area contributed by atoms with Crippen molar-refractivity contribution in [2.75, 3.05) is 33.7 Å². The van der Waals surface area contributed by atoms with E-state index in [1.165, 1.54) is 0 Å². The highest BCUT2D eigenvalue weighted by molar-refractivity contribution is 5.94. The van der Waals surface area contributed by atoms with Crippen LogP contribution in [0.25, 0.3) is 0 Å². The number of carbonyl (C=O) groups excluding carboxylic acids is 2. The van der Waals surface area contributed by atoms with E-state index in [0.29, 0.717) is 31.1 Å². The summed E-state index contributed by atoms with van der Waals surface area (Å²) in [5.41, 5.74) is 7.36. The van der Waals surface area contributed by atoms with Crippen LogP contribution in [0.2, 0.25) is 0 Å². The molecule has 138 valence electrons. The van der Waals surface area contributed by atoms with Gasteiger partial charge in [-0.15, -0.1) is 0 Å². The Kier molecular flexibility index (Phi) is 7.40. The topological polar surface area (TPSA) is 87.5 Å². The lowest BCUT2D eigenvalue weighted by atomic mass is 9.95. The summed E-state index contributed by atoms with van der Waals surface area (Å²) in [6.07, 6.45) is 3.06. The van der Waals surface area contributed by atoms with E-state index in [1.54, 1.807) is 12.1 Å². The van der Waals surface area contributed by atoms with Crippen molar-refractivity contribution < 1.29 is 9.59 Å². The Bertz CT molecular complexity index is 571. The highest BCUT2D eigenvalue weighted by atomic mass is 16.2. The molecule has 0 radical (unpaired) electrons. The van der Waals surface area contributed by atoms with Crippen LogP contribution in [0.5, 0.6) is 0 Å². The first-order chi connectivity index (χ1) is 12.0. The Balaban J connectivity index is 1.80. The van der Waals surface area contributed by atoms with E-state index in [2.05, 4.69) is 10.6 Å². The van der Waals surface area contributed by atoms with Crippen molar-refractivity contribution in [3.63, 3.8) is 0 Å². The minimum Gasteiger partial charge on any atom is -0.352 e. The van der Waals surface area contributed by atoms with E-state index in [0.717, 1.165) is 31.4 Å². The third kappa shape index (κ3) is 5.83. The highest BCUT2D eigenvalue weighted by Gasteiger charge is 2.31. The number of hydrogen-bond donors (Lipinski definition) is 3. The van der Waals surface area contributed by atoms with Crippen molar-refractivity contribution in [1.29, 1.82) is 0 Å². The predicted molar refractivity (Wildman–Crippen MR) is 99.1 cm³/mol. The molecule has 2 atom stereocenters. The maximum atomic E-state index is 12.3. The Morgan fingerprint density at radius 1 is 1.16 bits per heavy atom. The molecule has 6 nitrogen and oxygen atoms in total. The van der Waals surface area contributed by atoms with Gasteiger partial charge in [0.15, 0.2) is 0 Å². The van der Waals surface area contributed by atoms with E-state index in [4.69, 9.17) is 5.73 Å². The number of rotatable bonds is 8. The summed E-state index contributed by atoms with van der Waals surface area (Å²) in [6.45, 7) is 2.49. The second-order valence-electron chi connectivity index (χ2n) is 7.01. The van der Waals surface area contributed by atoms with Gasteiger partial charge in [0.1, 0.15) is 0 Å². The summed E-state index contributed by atoms with van der Waals surface area (Å²) in [4.78, 5) is 26.4. The van der Waals surface area contributed by atoms with Crippen molar-refractivity contribution in [2.24, 2.45) is 17.6 Å². The fourth-order valence-corrected chi connectivity index (χ4v) is 3.25. The van der Waals surface area contributed by atoms with Crippen molar-refractivity contribution in [2.45, 2.75) is 25.8 Å². The number of benzene rings is 1. The van der Waals surface area contributed by atoms with Crippen molar-refractivity contribution in [3.05, 3.63) is 35.4 Å². The second-order valence-corrected chi connectivity index (χ2v) is 7.01. The number of likely N-dealkylation sites (N-methyl/N-ethyl adjacent to an activating group) is 1. The molecule has 1 aromatic rings. The summed E-state index contributed by atoms with van der Waals surface area (Å²) in [6, 6.07) is 7.36. The zero-order valence-corrected chi connectivity index (χ0v) is 15.3. The van der Waals surface area contributed by atoms with E-state index in [9.17, 15) is 9.59 Å². The largest absolute Gasteiger partial charge is 0.352 e. The number of amides is 2. The average molecular weight is 346 g/mol. The van der Waals surface area contributed by atoms with Gasteiger partial charge < -0.3 is 21.3 Å². The van der Waals surface area contributed by atoms with Crippen LogP contribution in [0.4, 0.5) is 0 Å². The van der Waals surface area contributed by atoms with Gasteiger partial charge in [-0.1, -0.05) is 18.6 Å². The van der Waals surface area contributed by atoms with Gasteiger partial charge in [-0.2, -0.15) is 0 Å². The molecule has 1 saturated carbocycles. The first-order valence-corrected chi connectivity index (χ1v) is 9.01. The fourth-order valence-electron chi connectivity index (χ4n) is 3.25. The second kappa shape index (κ2) is 9.53. The van der Waals surface area contributed by atoms with Crippen LogP contribution in [-0.2, 0) is 11.3 Å². The van der Waals surface area contributed by atoms with Gasteiger partial charge >= 0.3 is 0 Å². The maximum absolute atomic E-state index is 12.3. The molecule has 0 bridgehead atoms. The first-order valence-electron chi connectivity index (χ1n) is 9.01. The van der Waals surface area contributed by atoms with Gasteiger partial charge in [-0.05, 0) is 57.1 Å². The van der Waals surface area contributed by atoms with Gasteiger partial charge in [0.05, 0.1) is 0 Å². The molecular weight excluding hydrogens is 316 g/mol. The Labute approximate surface area is 150 Å². The summed E-state index contributed by atoms with van der Waals surface area (Å²) in [5, 5.41) is 5.89. The molecule has 0 saturated heterocycles. The average Bonchev–Trinajstić information content (AvgIpc) is 3.08. The first kappa shape index (κ1) is 19.4. The zero-order chi connectivity index (χ0) is 18.2. The van der Waals surface area contributed by atoms with E-state index < -0.39 is 0 Å². The van der Waals surface area contributed by atoms with Crippen LogP contribution < -0.4 is 16.4 Å².